The monoisotopic (exact) mass is 395 g/mol. The molecule has 0 unspecified atom stereocenters. The molecule has 3 rings (SSSR count). The highest BCUT2D eigenvalue weighted by Gasteiger charge is 2.25. The number of nitro benzene ring substituents is 1. The first kappa shape index (κ1) is 19.7. The van der Waals surface area contributed by atoms with E-state index >= 15 is 0 Å². The fourth-order valence-corrected chi connectivity index (χ4v) is 2.98. The van der Waals surface area contributed by atoms with Crippen LogP contribution >= 0.6 is 0 Å². The van der Waals surface area contributed by atoms with Gasteiger partial charge in [-0.2, -0.15) is 0 Å². The smallest absolute Gasteiger partial charge is 0.326 e. The Morgan fingerprint density at radius 1 is 1.24 bits per heavy atom. The molecule has 2 N–H and O–H groups in total. The van der Waals surface area contributed by atoms with Crippen LogP contribution in [0.25, 0.3) is 10.9 Å². The van der Waals surface area contributed by atoms with Crippen molar-refractivity contribution in [2.75, 3.05) is 7.11 Å². The van der Waals surface area contributed by atoms with Crippen molar-refractivity contribution in [2.24, 2.45) is 0 Å². The van der Waals surface area contributed by atoms with Gasteiger partial charge in [0.05, 0.1) is 23.1 Å². The molecule has 9 heteroatoms. The van der Waals surface area contributed by atoms with Crippen molar-refractivity contribution in [2.45, 2.75) is 12.5 Å². The average Bonchev–Trinajstić information content (AvgIpc) is 2.72. The van der Waals surface area contributed by atoms with E-state index in [2.05, 4.69) is 10.3 Å². The van der Waals surface area contributed by atoms with Crippen molar-refractivity contribution < 1.29 is 24.4 Å². The number of methoxy groups -OCH3 is 1. The summed E-state index contributed by atoms with van der Waals surface area (Å²) in [5.74, 6) is -1.59. The summed E-state index contributed by atoms with van der Waals surface area (Å²) in [5.41, 5.74) is 0.782. The molecule has 1 atom stereocenters. The number of non-ortho nitro benzene ring substituents is 1. The molecule has 3 aromatic rings. The number of pyridine rings is 1. The van der Waals surface area contributed by atoms with Crippen LogP contribution in [0.5, 0.6) is 5.75 Å². The summed E-state index contributed by atoms with van der Waals surface area (Å²) in [5, 5.41) is 23.8. The number of ether oxygens (including phenoxy) is 1. The fourth-order valence-electron chi connectivity index (χ4n) is 2.98. The first-order valence-corrected chi connectivity index (χ1v) is 8.59. The molecule has 0 spiro atoms. The highest BCUT2D eigenvalue weighted by atomic mass is 16.6. The maximum atomic E-state index is 12.7. The van der Waals surface area contributed by atoms with Gasteiger partial charge in [-0.3, -0.25) is 19.9 Å². The first-order valence-electron chi connectivity index (χ1n) is 8.59. The molecule has 0 bridgehead atoms. The van der Waals surface area contributed by atoms with Crippen LogP contribution in [-0.4, -0.2) is 40.0 Å². The molecule has 1 aromatic heterocycles. The maximum Gasteiger partial charge on any atom is 0.326 e. The Hall–Kier alpha value is -4.01. The Morgan fingerprint density at radius 3 is 2.69 bits per heavy atom. The zero-order chi connectivity index (χ0) is 21.0. The second-order valence-electron chi connectivity index (χ2n) is 6.20. The standard InChI is InChI=1S/C20H17N3O6/c1-29-17-8-7-14(23(27)28)10-13(17)11-16(20(25)26)22-19(24)15-6-2-4-12-5-3-9-21-18(12)15/h2-10,16H,11H2,1H3,(H,22,24)(H,25,26)/t16-/m0/s1. The van der Waals surface area contributed by atoms with Crippen LogP contribution in [0.4, 0.5) is 5.69 Å². The van der Waals surface area contributed by atoms with Gasteiger partial charge in [-0.1, -0.05) is 18.2 Å². The van der Waals surface area contributed by atoms with E-state index in [1.807, 2.05) is 0 Å². The van der Waals surface area contributed by atoms with Gasteiger partial charge in [0.2, 0.25) is 0 Å². The first-order chi connectivity index (χ1) is 13.9. The summed E-state index contributed by atoms with van der Waals surface area (Å²) >= 11 is 0. The number of nitro groups is 1. The molecule has 2 aromatic carbocycles. The van der Waals surface area contributed by atoms with Crippen LogP contribution < -0.4 is 10.1 Å². The number of aliphatic carboxylic acids is 1. The van der Waals surface area contributed by atoms with E-state index in [1.54, 1.807) is 36.5 Å². The third kappa shape index (κ3) is 4.29. The summed E-state index contributed by atoms with van der Waals surface area (Å²) in [6.45, 7) is 0. The van der Waals surface area contributed by atoms with Crippen LogP contribution in [0.1, 0.15) is 15.9 Å². The third-order valence-corrected chi connectivity index (χ3v) is 4.38. The van der Waals surface area contributed by atoms with Gasteiger partial charge in [0.1, 0.15) is 11.8 Å². The van der Waals surface area contributed by atoms with Gasteiger partial charge in [-0.05, 0) is 18.2 Å². The molecule has 9 nitrogen and oxygen atoms in total. The Kier molecular flexibility index (Phi) is 5.68. The van der Waals surface area contributed by atoms with Gasteiger partial charge in [0, 0.05) is 35.7 Å². The molecular weight excluding hydrogens is 378 g/mol. The van der Waals surface area contributed by atoms with Gasteiger partial charge in [-0.25, -0.2) is 4.79 Å². The zero-order valence-corrected chi connectivity index (χ0v) is 15.4. The van der Waals surface area contributed by atoms with E-state index in [9.17, 15) is 24.8 Å². The van der Waals surface area contributed by atoms with Gasteiger partial charge in [-0.15, -0.1) is 0 Å². The van der Waals surface area contributed by atoms with Crippen molar-refractivity contribution in [1.29, 1.82) is 0 Å². The molecule has 148 valence electrons. The highest BCUT2D eigenvalue weighted by Crippen LogP contribution is 2.25. The second kappa shape index (κ2) is 8.34. The molecular formula is C20H17N3O6. The van der Waals surface area contributed by atoms with Crippen molar-refractivity contribution in [1.82, 2.24) is 10.3 Å². The molecule has 0 aliphatic carbocycles. The van der Waals surface area contributed by atoms with Crippen molar-refractivity contribution in [3.63, 3.8) is 0 Å². The lowest BCUT2D eigenvalue weighted by atomic mass is 10.0. The SMILES string of the molecule is COc1ccc([N+](=O)[O-])cc1C[C@H](NC(=O)c1cccc2cccnc12)C(=O)O. The van der Waals surface area contributed by atoms with E-state index in [0.29, 0.717) is 16.8 Å². The molecule has 0 saturated heterocycles. The van der Waals surface area contributed by atoms with Crippen LogP contribution in [0.2, 0.25) is 0 Å². The van der Waals surface area contributed by atoms with Crippen LogP contribution in [0.15, 0.2) is 54.7 Å². The number of carbonyl (C=O) groups excluding carboxylic acids is 1. The quantitative estimate of drug-likeness (QED) is 0.464. The number of hydrogen-bond acceptors (Lipinski definition) is 6. The minimum Gasteiger partial charge on any atom is -0.496 e. The minimum atomic E-state index is -1.32. The number of carboxylic acids is 1. The summed E-state index contributed by atoms with van der Waals surface area (Å²) in [6.07, 6.45) is 1.35. The number of hydrogen-bond donors (Lipinski definition) is 2. The number of benzene rings is 2. The summed E-state index contributed by atoms with van der Waals surface area (Å²) in [4.78, 5) is 39.1. The number of para-hydroxylation sites is 1. The van der Waals surface area contributed by atoms with Crippen molar-refractivity contribution in [3.8, 4) is 5.75 Å². The Bertz CT molecular complexity index is 1090. The van der Waals surface area contributed by atoms with Gasteiger partial charge in [0.15, 0.2) is 0 Å². The van der Waals surface area contributed by atoms with Gasteiger partial charge >= 0.3 is 5.97 Å². The lowest BCUT2D eigenvalue weighted by Crippen LogP contribution is -2.42. The highest BCUT2D eigenvalue weighted by molar-refractivity contribution is 6.06. The van der Waals surface area contributed by atoms with Gasteiger partial charge in [0.25, 0.3) is 11.6 Å². The van der Waals surface area contributed by atoms with Crippen LogP contribution in [0.3, 0.4) is 0 Å². The minimum absolute atomic E-state index is 0.190. The number of fused-ring (bicyclic) bond motifs is 1. The number of aromatic nitrogens is 1. The van der Waals surface area contributed by atoms with E-state index in [-0.39, 0.29) is 17.7 Å². The number of amides is 1. The summed E-state index contributed by atoms with van der Waals surface area (Å²) in [6, 6.07) is 11.1. The van der Waals surface area contributed by atoms with E-state index < -0.39 is 22.8 Å². The molecule has 0 aliphatic rings. The maximum absolute atomic E-state index is 12.7. The lowest BCUT2D eigenvalue weighted by Gasteiger charge is -2.17. The summed E-state index contributed by atoms with van der Waals surface area (Å²) < 4.78 is 5.17. The predicted octanol–water partition coefficient (Wildman–Crippen LogP) is 2.58. The topological polar surface area (TPSA) is 132 Å². The largest absolute Gasteiger partial charge is 0.496 e. The van der Waals surface area contributed by atoms with E-state index in [1.165, 1.54) is 25.3 Å². The lowest BCUT2D eigenvalue weighted by molar-refractivity contribution is -0.384. The molecule has 1 amide bonds. The normalized spacial score (nSPS) is 11.6. The second-order valence-corrected chi connectivity index (χ2v) is 6.20. The molecule has 0 fully saturated rings. The van der Waals surface area contributed by atoms with Crippen LogP contribution in [-0.2, 0) is 11.2 Å². The molecule has 0 aliphatic heterocycles. The molecule has 0 radical (unpaired) electrons. The van der Waals surface area contributed by atoms with Gasteiger partial charge < -0.3 is 15.2 Å². The number of carbonyl (C=O) groups is 2. The van der Waals surface area contributed by atoms with Crippen molar-refractivity contribution >= 4 is 28.5 Å². The molecule has 0 saturated carbocycles. The molecule has 1 heterocycles. The predicted molar refractivity (Wildman–Crippen MR) is 104 cm³/mol. The number of nitrogens with zero attached hydrogens (tertiary/aromatic N) is 2. The number of carboxylic acid groups (broad SMARTS) is 1. The third-order valence-electron chi connectivity index (χ3n) is 4.38. The van der Waals surface area contributed by atoms with E-state index in [0.717, 1.165) is 5.39 Å². The summed E-state index contributed by atoms with van der Waals surface area (Å²) in [7, 11) is 1.38. The Balaban J connectivity index is 1.89. The van der Waals surface area contributed by atoms with Crippen molar-refractivity contribution in [3.05, 3.63) is 76.0 Å². The Morgan fingerprint density at radius 2 is 2.00 bits per heavy atom. The van der Waals surface area contributed by atoms with Crippen LogP contribution in [0, 0.1) is 10.1 Å². The zero-order valence-electron chi connectivity index (χ0n) is 15.4. The van der Waals surface area contributed by atoms with E-state index in [4.69, 9.17) is 4.74 Å². The Labute approximate surface area is 165 Å². The average molecular weight is 395 g/mol. The number of nitrogens with one attached hydrogen (secondary N) is 1. The number of rotatable bonds is 7. The fraction of sp³-hybridized carbons (Fsp3) is 0.150. The molecule has 29 heavy (non-hydrogen) atoms.